The molecule has 5 nitrogen and oxygen atoms in total. The lowest BCUT2D eigenvalue weighted by atomic mass is 9.51. The van der Waals surface area contributed by atoms with E-state index in [0.29, 0.717) is 31.5 Å². The van der Waals surface area contributed by atoms with Crippen molar-refractivity contribution in [1.29, 1.82) is 0 Å². The van der Waals surface area contributed by atoms with Crippen LogP contribution in [0.15, 0.2) is 35.4 Å². The van der Waals surface area contributed by atoms with Crippen LogP contribution in [0.2, 0.25) is 0 Å². The smallest absolute Gasteiger partial charge is 0.171 e. The number of nitrogens with zero attached hydrogens (tertiary/aromatic N) is 1. The standard InChI is InChI=1S/C28H39NO4/c1-26-16-21(18-4-6-19(7-5-18)29(2)3)25-20(22(26)8-9-24(26)30)10-12-27(31)17-28(13-11-23(25)27)32-14-15-33-28/h4-7,20-22,24,30-31H,8-17H2,1-3H3/t20?,21-,22+,24+,26+,27-/m1/s1. The van der Waals surface area contributed by atoms with Crippen LogP contribution in [-0.2, 0) is 9.47 Å². The molecule has 1 heterocycles. The maximum Gasteiger partial charge on any atom is 0.171 e. The lowest BCUT2D eigenvalue weighted by Crippen LogP contribution is -2.53. The van der Waals surface area contributed by atoms with Gasteiger partial charge >= 0.3 is 0 Å². The number of hydrogen-bond acceptors (Lipinski definition) is 5. The summed E-state index contributed by atoms with van der Waals surface area (Å²) in [5.41, 5.74) is 4.40. The van der Waals surface area contributed by atoms with Gasteiger partial charge in [-0.2, -0.15) is 0 Å². The summed E-state index contributed by atoms with van der Waals surface area (Å²) in [4.78, 5) is 2.13. The molecule has 2 N–H and O–H groups in total. The maximum atomic E-state index is 12.0. The molecule has 33 heavy (non-hydrogen) atoms. The fourth-order valence-corrected chi connectivity index (χ4v) is 8.29. The van der Waals surface area contributed by atoms with E-state index in [1.807, 2.05) is 0 Å². The van der Waals surface area contributed by atoms with Gasteiger partial charge < -0.3 is 24.6 Å². The molecule has 0 aromatic heterocycles. The van der Waals surface area contributed by atoms with E-state index in [9.17, 15) is 10.2 Å². The summed E-state index contributed by atoms with van der Waals surface area (Å²) in [5.74, 6) is 0.615. The van der Waals surface area contributed by atoms with Crippen molar-refractivity contribution >= 4 is 5.69 Å². The van der Waals surface area contributed by atoms with Crippen molar-refractivity contribution in [3.8, 4) is 0 Å². The van der Waals surface area contributed by atoms with Gasteiger partial charge in [-0.25, -0.2) is 0 Å². The second kappa shape index (κ2) is 7.55. The van der Waals surface area contributed by atoms with E-state index in [1.54, 1.807) is 0 Å². The summed E-state index contributed by atoms with van der Waals surface area (Å²) < 4.78 is 12.1. The van der Waals surface area contributed by atoms with Crippen molar-refractivity contribution in [3.63, 3.8) is 0 Å². The first-order chi connectivity index (χ1) is 15.7. The number of fused-ring (bicyclic) bond motifs is 4. The molecule has 1 aliphatic heterocycles. The summed E-state index contributed by atoms with van der Waals surface area (Å²) in [6.07, 6.45) is 6.74. The first kappa shape index (κ1) is 22.1. The van der Waals surface area contributed by atoms with Crippen LogP contribution in [0.4, 0.5) is 5.69 Å². The second-order valence-corrected chi connectivity index (χ2v) is 11.8. The minimum absolute atomic E-state index is 0.0529. The Balaban J connectivity index is 1.45. The maximum absolute atomic E-state index is 12.0. The summed E-state index contributed by atoms with van der Waals surface area (Å²) >= 11 is 0. The fourth-order valence-electron chi connectivity index (χ4n) is 8.29. The molecular weight excluding hydrogens is 414 g/mol. The van der Waals surface area contributed by atoms with E-state index in [0.717, 1.165) is 44.9 Å². The monoisotopic (exact) mass is 453 g/mol. The number of hydrogen-bond donors (Lipinski definition) is 2. The Labute approximate surface area is 197 Å². The number of benzene rings is 1. The Morgan fingerprint density at radius 3 is 2.42 bits per heavy atom. The number of aliphatic hydroxyl groups is 2. The lowest BCUT2D eigenvalue weighted by molar-refractivity contribution is -0.208. The fraction of sp³-hybridized carbons (Fsp3) is 0.714. The van der Waals surface area contributed by atoms with E-state index < -0.39 is 11.4 Å². The van der Waals surface area contributed by atoms with Gasteiger partial charge in [0.2, 0.25) is 0 Å². The molecule has 0 bridgehead atoms. The second-order valence-electron chi connectivity index (χ2n) is 11.8. The van der Waals surface area contributed by atoms with Crippen LogP contribution in [-0.4, -0.2) is 55.0 Å². The van der Waals surface area contributed by atoms with Gasteiger partial charge in [-0.15, -0.1) is 0 Å². The van der Waals surface area contributed by atoms with E-state index in [2.05, 4.69) is 50.2 Å². The van der Waals surface area contributed by atoms with Crippen molar-refractivity contribution < 1.29 is 19.7 Å². The molecule has 4 fully saturated rings. The van der Waals surface area contributed by atoms with Gasteiger partial charge in [0.25, 0.3) is 0 Å². The average molecular weight is 454 g/mol. The Morgan fingerprint density at radius 2 is 1.73 bits per heavy atom. The quantitative estimate of drug-likeness (QED) is 0.651. The highest BCUT2D eigenvalue weighted by Crippen LogP contribution is 2.65. The molecule has 1 spiro atoms. The molecule has 180 valence electrons. The normalized spacial score (nSPS) is 41.6. The Kier molecular flexibility index (Phi) is 5.05. The minimum Gasteiger partial charge on any atom is -0.393 e. The first-order valence-corrected chi connectivity index (χ1v) is 12.9. The highest BCUT2D eigenvalue weighted by atomic mass is 16.7. The molecule has 1 unspecified atom stereocenters. The molecule has 1 aromatic carbocycles. The zero-order chi connectivity index (χ0) is 23.0. The Bertz CT molecular complexity index is 949. The lowest BCUT2D eigenvalue weighted by Gasteiger charge is -2.56. The molecule has 5 aliphatic rings. The predicted molar refractivity (Wildman–Crippen MR) is 128 cm³/mol. The van der Waals surface area contributed by atoms with Gasteiger partial charge in [0, 0.05) is 38.5 Å². The topological polar surface area (TPSA) is 62.2 Å². The highest BCUT2D eigenvalue weighted by Gasteiger charge is 2.60. The zero-order valence-electron chi connectivity index (χ0n) is 20.3. The number of rotatable bonds is 2. The molecule has 4 aliphatic carbocycles. The zero-order valence-corrected chi connectivity index (χ0v) is 20.3. The first-order valence-electron chi connectivity index (χ1n) is 12.9. The van der Waals surface area contributed by atoms with Gasteiger partial charge in [0.1, 0.15) is 0 Å². The molecule has 1 saturated heterocycles. The van der Waals surface area contributed by atoms with Crippen LogP contribution in [0, 0.1) is 17.3 Å². The number of anilines is 1. The van der Waals surface area contributed by atoms with Crippen LogP contribution in [0.1, 0.15) is 69.8 Å². The highest BCUT2D eigenvalue weighted by molar-refractivity contribution is 5.50. The minimum atomic E-state index is -0.832. The van der Waals surface area contributed by atoms with Crippen molar-refractivity contribution in [2.75, 3.05) is 32.2 Å². The van der Waals surface area contributed by atoms with Crippen molar-refractivity contribution in [1.82, 2.24) is 0 Å². The number of aliphatic hydroxyl groups excluding tert-OH is 1. The van der Waals surface area contributed by atoms with Gasteiger partial charge in [0.05, 0.1) is 24.9 Å². The molecular formula is C28H39NO4. The van der Waals surface area contributed by atoms with Gasteiger partial charge in [-0.05, 0) is 79.0 Å². The third kappa shape index (κ3) is 3.26. The SMILES string of the molecule is CN(C)c1ccc([C@H]2C[C@]3(C)[C@@H](O)CC[C@H]3C3CC[C@@]4(O)CC5(CCC4=C32)OCCO5)cc1. The van der Waals surface area contributed by atoms with Crippen molar-refractivity contribution in [2.24, 2.45) is 17.3 Å². The summed E-state index contributed by atoms with van der Waals surface area (Å²) in [5, 5.41) is 23.1. The van der Waals surface area contributed by atoms with E-state index in [-0.39, 0.29) is 17.4 Å². The Hall–Kier alpha value is -1.40. The van der Waals surface area contributed by atoms with Crippen molar-refractivity contribution in [3.05, 3.63) is 41.0 Å². The predicted octanol–water partition coefficient (Wildman–Crippen LogP) is 4.38. The molecule has 1 aromatic rings. The number of ether oxygens (including phenoxy) is 2. The average Bonchev–Trinajstić information content (AvgIpc) is 3.36. The molecule has 0 amide bonds. The molecule has 0 radical (unpaired) electrons. The van der Waals surface area contributed by atoms with Gasteiger partial charge in [-0.1, -0.05) is 24.6 Å². The summed E-state index contributed by atoms with van der Waals surface area (Å²) in [6.45, 7) is 3.59. The van der Waals surface area contributed by atoms with Gasteiger partial charge in [0.15, 0.2) is 5.79 Å². The van der Waals surface area contributed by atoms with Gasteiger partial charge in [-0.3, -0.25) is 0 Å². The van der Waals surface area contributed by atoms with E-state index in [4.69, 9.17) is 9.47 Å². The summed E-state index contributed by atoms with van der Waals surface area (Å²) in [7, 11) is 4.14. The molecule has 5 heteroatoms. The third-order valence-electron chi connectivity index (χ3n) is 9.99. The Morgan fingerprint density at radius 1 is 1.00 bits per heavy atom. The van der Waals surface area contributed by atoms with E-state index in [1.165, 1.54) is 22.4 Å². The van der Waals surface area contributed by atoms with Crippen LogP contribution in [0.3, 0.4) is 0 Å². The third-order valence-corrected chi connectivity index (χ3v) is 9.99. The number of allylic oxidation sites excluding steroid dienone is 1. The molecule has 6 rings (SSSR count). The van der Waals surface area contributed by atoms with E-state index >= 15 is 0 Å². The molecule has 3 saturated carbocycles. The van der Waals surface area contributed by atoms with Crippen LogP contribution in [0.25, 0.3) is 0 Å². The van der Waals surface area contributed by atoms with Crippen LogP contribution >= 0.6 is 0 Å². The summed E-state index contributed by atoms with van der Waals surface area (Å²) in [6, 6.07) is 8.97. The largest absolute Gasteiger partial charge is 0.393 e. The van der Waals surface area contributed by atoms with Crippen molar-refractivity contribution in [2.45, 2.75) is 81.7 Å². The molecule has 6 atom stereocenters. The van der Waals surface area contributed by atoms with Crippen LogP contribution in [0.5, 0.6) is 0 Å². The van der Waals surface area contributed by atoms with Crippen LogP contribution < -0.4 is 4.90 Å².